The van der Waals surface area contributed by atoms with E-state index >= 15 is 0 Å². The minimum absolute atomic E-state index is 0.0511. The molecule has 1 heterocycles. The lowest BCUT2D eigenvalue weighted by Crippen LogP contribution is -2.45. The van der Waals surface area contributed by atoms with Crippen LogP contribution in [0.1, 0.15) is 18.0 Å². The molecule has 0 aromatic heterocycles. The van der Waals surface area contributed by atoms with Crippen LogP contribution < -0.4 is 5.32 Å². The van der Waals surface area contributed by atoms with E-state index in [2.05, 4.69) is 16.3 Å². The van der Waals surface area contributed by atoms with Crippen LogP contribution in [0.2, 0.25) is 0 Å². The number of hydrogen-bond donors (Lipinski definition) is 2. The van der Waals surface area contributed by atoms with E-state index in [-0.39, 0.29) is 24.0 Å². The van der Waals surface area contributed by atoms with Crippen molar-refractivity contribution in [1.82, 2.24) is 10.2 Å². The second-order valence-corrected chi connectivity index (χ2v) is 4.37. The van der Waals surface area contributed by atoms with Crippen LogP contribution in [0.4, 0.5) is 4.39 Å². The molecule has 0 radical (unpaired) electrons. The largest absolute Gasteiger partial charge is 0.508 e. The molecule has 2 N–H and O–H groups in total. The van der Waals surface area contributed by atoms with Gasteiger partial charge in [-0.15, -0.1) is 0 Å². The first-order valence-electron chi connectivity index (χ1n) is 6.02. The zero-order chi connectivity index (χ0) is 13.0. The number of aromatic hydroxyl groups is 1. The maximum Gasteiger partial charge on any atom is 0.123 e. The Morgan fingerprint density at radius 1 is 1.44 bits per heavy atom. The summed E-state index contributed by atoms with van der Waals surface area (Å²) in [6.07, 6.45) is 0.247. The van der Waals surface area contributed by atoms with Crippen LogP contribution in [-0.4, -0.2) is 36.2 Å². The molecular formula is C13H16FN3O. The van der Waals surface area contributed by atoms with Gasteiger partial charge in [-0.25, -0.2) is 4.39 Å². The molecule has 1 aliphatic heterocycles. The lowest BCUT2D eigenvalue weighted by molar-refractivity contribution is 0.173. The van der Waals surface area contributed by atoms with Gasteiger partial charge < -0.3 is 10.4 Å². The number of phenolic OH excluding ortho intramolecular Hbond substituents is 1. The highest BCUT2D eigenvalue weighted by Gasteiger charge is 2.24. The summed E-state index contributed by atoms with van der Waals surface area (Å²) in [5.41, 5.74) is 0.499. The van der Waals surface area contributed by atoms with Crippen molar-refractivity contribution in [2.75, 3.05) is 26.2 Å². The molecule has 5 heteroatoms. The van der Waals surface area contributed by atoms with Crippen molar-refractivity contribution < 1.29 is 9.50 Å². The van der Waals surface area contributed by atoms with Crippen molar-refractivity contribution in [3.05, 3.63) is 29.6 Å². The SMILES string of the molecule is N#CC[C@H](c1cc(F)ccc1O)N1CCNCC1. The van der Waals surface area contributed by atoms with Gasteiger partial charge in [0.2, 0.25) is 0 Å². The van der Waals surface area contributed by atoms with Crippen LogP contribution in [-0.2, 0) is 0 Å². The number of phenols is 1. The first-order valence-corrected chi connectivity index (χ1v) is 6.02. The molecule has 0 aliphatic carbocycles. The van der Waals surface area contributed by atoms with Crippen molar-refractivity contribution in [2.24, 2.45) is 0 Å². The highest BCUT2D eigenvalue weighted by molar-refractivity contribution is 5.35. The Kier molecular flexibility index (Phi) is 4.13. The number of piperazine rings is 1. The molecular weight excluding hydrogens is 233 g/mol. The molecule has 0 spiro atoms. The fourth-order valence-electron chi connectivity index (χ4n) is 2.31. The van der Waals surface area contributed by atoms with Crippen LogP contribution in [0.15, 0.2) is 18.2 Å². The van der Waals surface area contributed by atoms with Crippen molar-refractivity contribution >= 4 is 0 Å². The highest BCUT2D eigenvalue weighted by atomic mass is 19.1. The smallest absolute Gasteiger partial charge is 0.123 e. The molecule has 0 saturated carbocycles. The number of halogens is 1. The highest BCUT2D eigenvalue weighted by Crippen LogP contribution is 2.31. The summed E-state index contributed by atoms with van der Waals surface area (Å²) in [7, 11) is 0. The van der Waals surface area contributed by atoms with Gasteiger partial charge in [-0.05, 0) is 18.2 Å². The normalized spacial score (nSPS) is 18.2. The zero-order valence-electron chi connectivity index (χ0n) is 10.1. The molecule has 0 amide bonds. The van der Waals surface area contributed by atoms with Crippen molar-refractivity contribution in [1.29, 1.82) is 5.26 Å². The van der Waals surface area contributed by atoms with Gasteiger partial charge >= 0.3 is 0 Å². The minimum atomic E-state index is -0.388. The summed E-state index contributed by atoms with van der Waals surface area (Å²) in [6, 6.07) is 5.76. The van der Waals surface area contributed by atoms with E-state index in [1.807, 2.05) is 0 Å². The van der Waals surface area contributed by atoms with Crippen molar-refractivity contribution in [2.45, 2.75) is 12.5 Å². The third-order valence-corrected chi connectivity index (χ3v) is 3.23. The Balaban J connectivity index is 2.28. The fourth-order valence-corrected chi connectivity index (χ4v) is 2.31. The summed E-state index contributed by atoms with van der Waals surface area (Å²) in [5.74, 6) is -0.337. The number of hydrogen-bond acceptors (Lipinski definition) is 4. The van der Waals surface area contributed by atoms with E-state index in [0.29, 0.717) is 5.56 Å². The van der Waals surface area contributed by atoms with Crippen LogP contribution in [0.5, 0.6) is 5.75 Å². The van der Waals surface area contributed by atoms with Crippen LogP contribution in [0, 0.1) is 17.1 Å². The van der Waals surface area contributed by atoms with Gasteiger partial charge in [-0.1, -0.05) is 0 Å². The van der Waals surface area contributed by atoms with E-state index in [1.54, 1.807) is 0 Å². The Labute approximate surface area is 106 Å². The summed E-state index contributed by atoms with van der Waals surface area (Å²) >= 11 is 0. The average Bonchev–Trinajstić information content (AvgIpc) is 2.40. The minimum Gasteiger partial charge on any atom is -0.508 e. The summed E-state index contributed by atoms with van der Waals surface area (Å²) in [5, 5.41) is 22.0. The average molecular weight is 249 g/mol. The van der Waals surface area contributed by atoms with Gasteiger partial charge in [0.1, 0.15) is 11.6 Å². The molecule has 1 aromatic rings. The second-order valence-electron chi connectivity index (χ2n) is 4.37. The number of nitriles is 1. The number of rotatable bonds is 3. The van der Waals surface area contributed by atoms with E-state index < -0.39 is 0 Å². The molecule has 96 valence electrons. The lowest BCUT2D eigenvalue weighted by atomic mass is 10.0. The maximum atomic E-state index is 13.3. The standard InChI is InChI=1S/C13H16FN3O/c14-10-1-2-13(18)11(9-10)12(3-4-15)17-7-5-16-6-8-17/h1-2,9,12,16,18H,3,5-8H2/t12-/m1/s1. The second kappa shape index (κ2) is 5.80. The van der Waals surface area contributed by atoms with Crippen LogP contribution in [0.3, 0.4) is 0 Å². The first kappa shape index (κ1) is 12.8. The van der Waals surface area contributed by atoms with E-state index in [9.17, 15) is 9.50 Å². The lowest BCUT2D eigenvalue weighted by Gasteiger charge is -2.34. The van der Waals surface area contributed by atoms with Crippen LogP contribution in [0.25, 0.3) is 0 Å². The van der Waals surface area contributed by atoms with Crippen LogP contribution >= 0.6 is 0 Å². The van der Waals surface area contributed by atoms with E-state index in [4.69, 9.17) is 5.26 Å². The summed E-state index contributed by atoms with van der Waals surface area (Å²) < 4.78 is 13.3. The molecule has 1 aliphatic rings. The Morgan fingerprint density at radius 3 is 2.83 bits per heavy atom. The number of nitrogens with one attached hydrogen (secondary N) is 1. The molecule has 0 unspecified atom stereocenters. The van der Waals surface area contributed by atoms with Gasteiger partial charge in [-0.2, -0.15) is 5.26 Å². The molecule has 1 fully saturated rings. The maximum absolute atomic E-state index is 13.3. The predicted octanol–water partition coefficient (Wildman–Crippen LogP) is 1.39. The number of nitrogens with zero attached hydrogens (tertiary/aromatic N) is 2. The molecule has 1 aromatic carbocycles. The fraction of sp³-hybridized carbons (Fsp3) is 0.462. The number of benzene rings is 1. The van der Waals surface area contributed by atoms with Gasteiger partial charge in [0.05, 0.1) is 18.5 Å². The Bertz CT molecular complexity index is 452. The quantitative estimate of drug-likeness (QED) is 0.850. The predicted molar refractivity (Wildman–Crippen MR) is 65.5 cm³/mol. The molecule has 0 bridgehead atoms. The third kappa shape index (κ3) is 2.78. The Hall–Kier alpha value is -1.64. The third-order valence-electron chi connectivity index (χ3n) is 3.23. The molecule has 2 rings (SSSR count). The first-order chi connectivity index (χ1) is 8.72. The molecule has 1 saturated heterocycles. The summed E-state index contributed by atoms with van der Waals surface area (Å²) in [4.78, 5) is 2.11. The molecule has 4 nitrogen and oxygen atoms in total. The van der Waals surface area contributed by atoms with E-state index in [1.165, 1.54) is 18.2 Å². The van der Waals surface area contributed by atoms with Gasteiger partial charge in [0.25, 0.3) is 0 Å². The summed E-state index contributed by atoms with van der Waals surface area (Å²) in [6.45, 7) is 3.28. The van der Waals surface area contributed by atoms with Gasteiger partial charge in [0.15, 0.2) is 0 Å². The molecule has 18 heavy (non-hydrogen) atoms. The van der Waals surface area contributed by atoms with E-state index in [0.717, 1.165) is 26.2 Å². The monoisotopic (exact) mass is 249 g/mol. The van der Waals surface area contributed by atoms with Gasteiger partial charge in [0, 0.05) is 31.7 Å². The van der Waals surface area contributed by atoms with Crippen molar-refractivity contribution in [3.8, 4) is 11.8 Å². The molecule has 1 atom stereocenters. The van der Waals surface area contributed by atoms with Gasteiger partial charge in [-0.3, -0.25) is 4.90 Å². The topological polar surface area (TPSA) is 59.3 Å². The van der Waals surface area contributed by atoms with Crippen molar-refractivity contribution in [3.63, 3.8) is 0 Å². The Morgan fingerprint density at radius 2 is 2.17 bits per heavy atom. The zero-order valence-corrected chi connectivity index (χ0v) is 10.1.